The predicted molar refractivity (Wildman–Crippen MR) is 66.6 cm³/mol. The van der Waals surface area contributed by atoms with Gasteiger partial charge in [0.1, 0.15) is 11.6 Å². The Hall–Kier alpha value is -0.900. The van der Waals surface area contributed by atoms with Crippen LogP contribution in [-0.2, 0) is 0 Å². The van der Waals surface area contributed by atoms with E-state index in [0.717, 1.165) is 24.6 Å². The zero-order valence-electron chi connectivity index (χ0n) is 11.3. The maximum absolute atomic E-state index is 4.45. The van der Waals surface area contributed by atoms with E-state index in [-0.39, 0.29) is 5.54 Å². The van der Waals surface area contributed by atoms with Crippen LogP contribution in [0.1, 0.15) is 51.8 Å². The molecule has 1 heterocycles. The minimum Gasteiger partial charge on any atom is -0.310 e. The highest BCUT2D eigenvalue weighted by molar-refractivity contribution is 4.91. The molecule has 1 aromatic rings. The van der Waals surface area contributed by atoms with Crippen molar-refractivity contribution in [2.75, 3.05) is 6.54 Å². The van der Waals surface area contributed by atoms with Crippen LogP contribution >= 0.6 is 0 Å². The fourth-order valence-electron chi connectivity index (χ4n) is 1.71. The van der Waals surface area contributed by atoms with Crippen LogP contribution in [-0.4, -0.2) is 26.8 Å². The lowest BCUT2D eigenvalue weighted by Crippen LogP contribution is -2.40. The van der Waals surface area contributed by atoms with Crippen molar-refractivity contribution < 1.29 is 0 Å². The van der Waals surface area contributed by atoms with Gasteiger partial charge in [-0.1, -0.05) is 6.92 Å². The Morgan fingerprint density at radius 3 is 2.31 bits per heavy atom. The van der Waals surface area contributed by atoms with Gasteiger partial charge >= 0.3 is 0 Å². The van der Waals surface area contributed by atoms with Gasteiger partial charge in [0.05, 0.1) is 6.04 Å². The van der Waals surface area contributed by atoms with Gasteiger partial charge in [0.25, 0.3) is 0 Å². The van der Waals surface area contributed by atoms with E-state index in [1.165, 1.54) is 0 Å². The van der Waals surface area contributed by atoms with E-state index >= 15 is 0 Å². The Balaban J connectivity index is 2.71. The van der Waals surface area contributed by atoms with E-state index in [4.69, 9.17) is 0 Å². The molecular weight excluding hydrogens is 200 g/mol. The van der Waals surface area contributed by atoms with E-state index in [0.29, 0.717) is 6.04 Å². The van der Waals surface area contributed by atoms with E-state index in [1.54, 1.807) is 0 Å². The third kappa shape index (κ3) is 3.59. The lowest BCUT2D eigenvalue weighted by Gasteiger charge is -2.25. The number of hydrogen-bond donors (Lipinski definition) is 1. The smallest absolute Gasteiger partial charge is 0.147 e. The van der Waals surface area contributed by atoms with E-state index in [9.17, 15) is 0 Å². The molecule has 1 N–H and O–H groups in total. The van der Waals surface area contributed by atoms with Crippen molar-refractivity contribution in [3.63, 3.8) is 0 Å². The summed E-state index contributed by atoms with van der Waals surface area (Å²) < 4.78 is 2.04. The summed E-state index contributed by atoms with van der Waals surface area (Å²) in [5.41, 5.74) is 0.150. The van der Waals surface area contributed by atoms with Gasteiger partial charge in [0.15, 0.2) is 0 Å². The van der Waals surface area contributed by atoms with Crippen molar-refractivity contribution in [1.82, 2.24) is 20.1 Å². The summed E-state index contributed by atoms with van der Waals surface area (Å²) in [4.78, 5) is 4.35. The highest BCUT2D eigenvalue weighted by Gasteiger charge is 2.16. The topological polar surface area (TPSA) is 42.7 Å². The van der Waals surface area contributed by atoms with Crippen molar-refractivity contribution in [2.45, 2.75) is 59.5 Å². The summed E-state index contributed by atoms with van der Waals surface area (Å²) in [7, 11) is 0. The molecule has 0 aliphatic heterocycles. The zero-order chi connectivity index (χ0) is 12.3. The molecule has 1 rings (SSSR count). The van der Waals surface area contributed by atoms with Gasteiger partial charge in [0, 0.05) is 12.1 Å². The number of rotatable bonds is 4. The van der Waals surface area contributed by atoms with Gasteiger partial charge < -0.3 is 5.32 Å². The Bertz CT molecular complexity index is 335. The Morgan fingerprint density at radius 2 is 1.94 bits per heavy atom. The second kappa shape index (κ2) is 4.95. The van der Waals surface area contributed by atoms with Crippen LogP contribution in [0.3, 0.4) is 0 Å². The quantitative estimate of drug-likeness (QED) is 0.853. The van der Waals surface area contributed by atoms with Crippen LogP contribution in [0.5, 0.6) is 0 Å². The molecule has 0 spiro atoms. The van der Waals surface area contributed by atoms with E-state index in [1.807, 2.05) is 18.5 Å². The summed E-state index contributed by atoms with van der Waals surface area (Å²) in [6, 6.07) is 0.389. The molecular formula is C12H24N4. The lowest BCUT2D eigenvalue weighted by atomic mass is 10.1. The molecule has 0 aliphatic carbocycles. The second-order valence-electron chi connectivity index (χ2n) is 5.34. The van der Waals surface area contributed by atoms with E-state index in [2.05, 4.69) is 43.1 Å². The highest BCUT2D eigenvalue weighted by Crippen LogP contribution is 2.13. The average Bonchev–Trinajstić information content (AvgIpc) is 2.45. The summed E-state index contributed by atoms with van der Waals surface area (Å²) in [5, 5.41) is 7.97. The Kier molecular flexibility index (Phi) is 4.08. The van der Waals surface area contributed by atoms with Crippen LogP contribution in [0.15, 0.2) is 0 Å². The second-order valence-corrected chi connectivity index (χ2v) is 5.34. The first-order valence-electron chi connectivity index (χ1n) is 5.98. The number of nitrogens with one attached hydrogen (secondary N) is 1. The van der Waals surface area contributed by atoms with Crippen LogP contribution in [0.4, 0.5) is 0 Å². The highest BCUT2D eigenvalue weighted by atomic mass is 15.4. The van der Waals surface area contributed by atoms with Crippen molar-refractivity contribution in [1.29, 1.82) is 0 Å². The minimum atomic E-state index is 0.150. The molecule has 0 aromatic carbocycles. The molecule has 4 heteroatoms. The van der Waals surface area contributed by atoms with Crippen molar-refractivity contribution in [3.8, 4) is 0 Å². The van der Waals surface area contributed by atoms with Crippen LogP contribution in [0.25, 0.3) is 0 Å². The molecule has 1 atom stereocenters. The summed E-state index contributed by atoms with van der Waals surface area (Å²) in [5.74, 6) is 1.85. The molecule has 0 saturated carbocycles. The van der Waals surface area contributed by atoms with Crippen molar-refractivity contribution in [3.05, 3.63) is 11.6 Å². The first-order valence-corrected chi connectivity index (χ1v) is 5.98. The van der Waals surface area contributed by atoms with Crippen molar-refractivity contribution >= 4 is 0 Å². The molecule has 4 nitrogen and oxygen atoms in total. The standard InChI is InChI=1S/C12H24N4/c1-7-11(8-13-12(4,5)6)16-10(3)14-9(2)15-16/h11,13H,7-8H2,1-6H3. The maximum Gasteiger partial charge on any atom is 0.147 e. The van der Waals surface area contributed by atoms with Gasteiger partial charge in [-0.2, -0.15) is 5.10 Å². The predicted octanol–water partition coefficient (Wildman–Crippen LogP) is 2.23. The molecule has 92 valence electrons. The number of nitrogens with zero attached hydrogens (tertiary/aromatic N) is 3. The molecule has 16 heavy (non-hydrogen) atoms. The van der Waals surface area contributed by atoms with Gasteiger partial charge in [-0.15, -0.1) is 0 Å². The fraction of sp³-hybridized carbons (Fsp3) is 0.833. The number of aryl methyl sites for hydroxylation is 2. The van der Waals surface area contributed by atoms with Gasteiger partial charge in [0.2, 0.25) is 0 Å². The van der Waals surface area contributed by atoms with Gasteiger partial charge in [-0.3, -0.25) is 0 Å². The number of aromatic nitrogens is 3. The Labute approximate surface area is 98.5 Å². The normalized spacial score (nSPS) is 14.1. The number of hydrogen-bond acceptors (Lipinski definition) is 3. The van der Waals surface area contributed by atoms with Gasteiger partial charge in [-0.05, 0) is 41.0 Å². The van der Waals surface area contributed by atoms with Crippen LogP contribution < -0.4 is 5.32 Å². The van der Waals surface area contributed by atoms with Crippen LogP contribution in [0.2, 0.25) is 0 Å². The molecule has 1 aromatic heterocycles. The molecule has 0 fully saturated rings. The molecule has 0 amide bonds. The zero-order valence-corrected chi connectivity index (χ0v) is 11.3. The SMILES string of the molecule is CCC(CNC(C)(C)C)n1nc(C)nc1C. The molecule has 1 unspecified atom stereocenters. The monoisotopic (exact) mass is 224 g/mol. The lowest BCUT2D eigenvalue weighted by molar-refractivity contribution is 0.340. The first kappa shape index (κ1) is 13.2. The van der Waals surface area contributed by atoms with Crippen LogP contribution in [0, 0.1) is 13.8 Å². The maximum atomic E-state index is 4.45. The summed E-state index contributed by atoms with van der Waals surface area (Å²) in [6.45, 7) is 13.6. The average molecular weight is 224 g/mol. The van der Waals surface area contributed by atoms with Crippen molar-refractivity contribution in [2.24, 2.45) is 0 Å². The largest absolute Gasteiger partial charge is 0.310 e. The first-order chi connectivity index (χ1) is 7.33. The third-order valence-corrected chi connectivity index (χ3v) is 2.59. The molecule has 0 aliphatic rings. The fourth-order valence-corrected chi connectivity index (χ4v) is 1.71. The van der Waals surface area contributed by atoms with E-state index < -0.39 is 0 Å². The Morgan fingerprint density at radius 1 is 1.31 bits per heavy atom. The third-order valence-electron chi connectivity index (χ3n) is 2.59. The minimum absolute atomic E-state index is 0.150. The molecule has 0 radical (unpaired) electrons. The summed E-state index contributed by atoms with van der Waals surface area (Å²) >= 11 is 0. The summed E-state index contributed by atoms with van der Waals surface area (Å²) in [6.07, 6.45) is 1.06. The molecule has 0 saturated heterocycles. The van der Waals surface area contributed by atoms with Gasteiger partial charge in [-0.25, -0.2) is 9.67 Å². The molecule has 0 bridgehead atoms.